The zero-order chi connectivity index (χ0) is 22.7. The molecule has 0 amide bonds. The van der Waals surface area contributed by atoms with Crippen LogP contribution in [0.5, 0.6) is 0 Å². The van der Waals surface area contributed by atoms with Gasteiger partial charge in [-0.05, 0) is 32.1 Å². The summed E-state index contributed by atoms with van der Waals surface area (Å²) < 4.78 is 60.4. The second-order valence-corrected chi connectivity index (χ2v) is 10.7. The highest BCUT2D eigenvalue weighted by molar-refractivity contribution is 8.45. The van der Waals surface area contributed by atoms with E-state index in [4.69, 9.17) is 21.8 Å². The Morgan fingerprint density at radius 3 is 1.45 bits per heavy atom. The van der Waals surface area contributed by atoms with Crippen molar-refractivity contribution in [2.45, 2.75) is 95.3 Å². The minimum absolute atomic E-state index is 0.0485. The molecule has 0 saturated heterocycles. The van der Waals surface area contributed by atoms with Crippen LogP contribution >= 0.6 is 21.8 Å². The first-order chi connectivity index (χ1) is 13.3. The van der Waals surface area contributed by atoms with Crippen molar-refractivity contribution >= 4 is 21.8 Å². The van der Waals surface area contributed by atoms with Gasteiger partial charge in [0.2, 0.25) is 0 Å². The lowest BCUT2D eigenvalue weighted by Crippen LogP contribution is -2.19. The van der Waals surface area contributed by atoms with E-state index >= 15 is 0 Å². The highest BCUT2D eigenvalue weighted by Crippen LogP contribution is 2.98. The zero-order valence-electron chi connectivity index (χ0n) is 17.5. The minimum Gasteiger partial charge on any atom is -0.396 e. The van der Waals surface area contributed by atoms with E-state index in [1.54, 1.807) is 0 Å². The second-order valence-electron chi connectivity index (χ2n) is 7.45. The van der Waals surface area contributed by atoms with Crippen LogP contribution in [-0.4, -0.2) is 34.6 Å². The maximum atomic E-state index is 12.1. The quantitative estimate of drug-likeness (QED) is 0.0904. The summed E-state index contributed by atoms with van der Waals surface area (Å²) in [6.07, 6.45) is 14.8. The van der Waals surface area contributed by atoms with Crippen LogP contribution in [0.3, 0.4) is 0 Å². The molecule has 0 fully saturated rings. The first-order valence-electron chi connectivity index (χ1n) is 10.5. The Bertz CT molecular complexity index is 393. The molecule has 0 rings (SSSR count). The van der Waals surface area contributed by atoms with Crippen molar-refractivity contribution in [3.8, 4) is 0 Å². The number of hydrogen-bond donors (Lipinski definition) is 2. The first kappa shape index (κ1) is 31.1. The molecule has 0 bridgehead atoms. The van der Waals surface area contributed by atoms with E-state index in [9.17, 15) is 19.4 Å². The molecule has 0 heterocycles. The van der Waals surface area contributed by atoms with Crippen molar-refractivity contribution in [2.24, 2.45) is 0 Å². The highest BCUT2D eigenvalue weighted by atomic mass is 35.5. The van der Waals surface area contributed by atoms with Gasteiger partial charge in [-0.2, -0.15) is 0 Å². The van der Waals surface area contributed by atoms with Crippen molar-refractivity contribution in [3.05, 3.63) is 12.7 Å². The van der Waals surface area contributed by atoms with Gasteiger partial charge in [-0.25, -0.2) is 0 Å². The van der Waals surface area contributed by atoms with E-state index in [2.05, 4.69) is 6.58 Å². The van der Waals surface area contributed by atoms with E-state index < -0.39 is 21.4 Å². The molecule has 2 N–H and O–H groups in total. The average molecular weight is 475 g/mol. The molecule has 0 spiro atoms. The maximum absolute atomic E-state index is 12.1. The minimum atomic E-state index is -9.36. The third kappa shape index (κ3) is 32.8. The summed E-state index contributed by atoms with van der Waals surface area (Å²) in [5.41, 5.74) is 0. The molecule has 2 nitrogen and oxygen atoms in total. The van der Waals surface area contributed by atoms with Gasteiger partial charge in [0.1, 0.15) is 5.75 Å². The largest absolute Gasteiger partial charge is 0.396 e. The first-order valence-corrected chi connectivity index (χ1v) is 13.1. The summed E-state index contributed by atoms with van der Waals surface area (Å²) in [5.74, 6) is -2.17. The molecule has 0 aromatic heterocycles. The van der Waals surface area contributed by atoms with Gasteiger partial charge >= 0.3 is 0 Å². The predicted octanol–water partition coefficient (Wildman–Crippen LogP) is 8.51. The SMILES string of the molecule is C=CCCCCCCCCO.OCCCCCCCCC(Cl)CS(F)(F)(F)(F)F. The van der Waals surface area contributed by atoms with Crippen LogP contribution in [0.25, 0.3) is 0 Å². The third-order valence-electron chi connectivity index (χ3n) is 4.24. The molecular weight excluding hydrogens is 435 g/mol. The van der Waals surface area contributed by atoms with E-state index in [1.807, 2.05) is 6.08 Å². The molecule has 1 unspecified atom stereocenters. The Balaban J connectivity index is 0. The monoisotopic (exact) mass is 474 g/mol. The second kappa shape index (κ2) is 15.7. The molecule has 0 aromatic rings. The fourth-order valence-electron chi connectivity index (χ4n) is 2.72. The smallest absolute Gasteiger partial charge is 0.287 e. The molecule has 9 heteroatoms. The number of rotatable bonds is 18. The van der Waals surface area contributed by atoms with Crippen LogP contribution in [0.15, 0.2) is 12.7 Å². The third-order valence-corrected chi connectivity index (χ3v) is 5.83. The number of aliphatic hydroxyl groups excluding tert-OH is 2. The van der Waals surface area contributed by atoms with E-state index in [0.29, 0.717) is 25.9 Å². The molecular formula is C20H40ClF5O2S. The average Bonchev–Trinajstić information content (AvgIpc) is 2.58. The molecule has 0 aromatic carbocycles. The van der Waals surface area contributed by atoms with Crippen molar-refractivity contribution < 1.29 is 29.6 Å². The van der Waals surface area contributed by atoms with Crippen LogP contribution in [0.4, 0.5) is 19.4 Å². The Morgan fingerprint density at radius 1 is 0.690 bits per heavy atom. The van der Waals surface area contributed by atoms with Gasteiger partial charge in [-0.15, -0.1) is 18.2 Å². The summed E-state index contributed by atoms with van der Waals surface area (Å²) >= 11 is 5.30. The summed E-state index contributed by atoms with van der Waals surface area (Å²) in [4.78, 5) is 0. The highest BCUT2D eigenvalue weighted by Gasteiger charge is 2.63. The van der Waals surface area contributed by atoms with E-state index in [-0.39, 0.29) is 13.0 Å². The van der Waals surface area contributed by atoms with Gasteiger partial charge in [0.25, 0.3) is 10.2 Å². The van der Waals surface area contributed by atoms with Gasteiger partial charge in [0.05, 0.1) is 5.38 Å². The summed E-state index contributed by atoms with van der Waals surface area (Å²) in [6, 6.07) is 0. The van der Waals surface area contributed by atoms with Crippen LogP contribution in [0, 0.1) is 0 Å². The number of alkyl halides is 1. The van der Waals surface area contributed by atoms with Crippen LogP contribution in [0.2, 0.25) is 0 Å². The van der Waals surface area contributed by atoms with Gasteiger partial charge in [-0.1, -0.05) is 83.3 Å². The Morgan fingerprint density at radius 2 is 1.07 bits per heavy atom. The Hall–Kier alpha value is -0.0500. The molecule has 29 heavy (non-hydrogen) atoms. The number of unbranched alkanes of at least 4 members (excludes halogenated alkanes) is 11. The summed E-state index contributed by atoms with van der Waals surface area (Å²) in [7, 11) is -9.36. The zero-order valence-corrected chi connectivity index (χ0v) is 19.0. The molecule has 1 atom stereocenters. The summed E-state index contributed by atoms with van der Waals surface area (Å²) in [6.45, 7) is 4.16. The standard InChI is InChI=1S/C10H20ClF5OS.C10H20O/c11-10(9-18(12,13,14,15)16)7-5-3-1-2-4-6-8-17;1-2-3-4-5-6-7-8-9-10-11/h10,17H,1-9H2;2,11H,1,3-10H2. The topological polar surface area (TPSA) is 40.5 Å². The predicted molar refractivity (Wildman–Crippen MR) is 117 cm³/mol. The molecule has 0 radical (unpaired) electrons. The molecule has 0 saturated carbocycles. The number of halogens is 6. The van der Waals surface area contributed by atoms with Crippen LogP contribution in [-0.2, 0) is 0 Å². The number of hydrogen-bond acceptors (Lipinski definition) is 2. The van der Waals surface area contributed by atoms with Gasteiger partial charge in [-0.3, -0.25) is 0 Å². The Labute approximate surface area is 178 Å². The fraction of sp³-hybridized carbons (Fsp3) is 0.900. The molecule has 0 aliphatic rings. The lowest BCUT2D eigenvalue weighted by molar-refractivity contribution is 0.282. The van der Waals surface area contributed by atoms with Crippen molar-refractivity contribution in [1.29, 1.82) is 0 Å². The van der Waals surface area contributed by atoms with E-state index in [0.717, 1.165) is 32.1 Å². The van der Waals surface area contributed by atoms with Crippen LogP contribution in [0.1, 0.15) is 89.9 Å². The molecule has 0 aliphatic carbocycles. The number of aliphatic hydroxyl groups is 2. The van der Waals surface area contributed by atoms with Crippen LogP contribution < -0.4 is 0 Å². The Kier molecular flexibility index (Phi) is 16.9. The summed E-state index contributed by atoms with van der Waals surface area (Å²) in [5, 5.41) is 15.5. The number of allylic oxidation sites excluding steroid dienone is 1. The lowest BCUT2D eigenvalue weighted by Gasteiger charge is -2.41. The van der Waals surface area contributed by atoms with Crippen molar-refractivity contribution in [2.75, 3.05) is 19.0 Å². The molecule has 180 valence electrons. The van der Waals surface area contributed by atoms with Gasteiger partial charge in [0, 0.05) is 13.2 Å². The van der Waals surface area contributed by atoms with Crippen molar-refractivity contribution in [1.82, 2.24) is 0 Å². The van der Waals surface area contributed by atoms with E-state index in [1.165, 1.54) is 32.1 Å². The maximum Gasteiger partial charge on any atom is 0.287 e. The van der Waals surface area contributed by atoms with Gasteiger partial charge in [0.15, 0.2) is 0 Å². The van der Waals surface area contributed by atoms with Crippen molar-refractivity contribution in [3.63, 3.8) is 0 Å². The fourth-order valence-corrected chi connectivity index (χ4v) is 4.44. The normalized spacial score (nSPS) is 15.0. The lowest BCUT2D eigenvalue weighted by atomic mass is 10.1. The van der Waals surface area contributed by atoms with Gasteiger partial charge < -0.3 is 10.2 Å². The molecule has 0 aliphatic heterocycles.